The molecule has 148 valence electrons. The molecule has 0 aromatic carbocycles. The fourth-order valence-corrected chi connectivity index (χ4v) is 2.81. The van der Waals surface area contributed by atoms with E-state index in [0.29, 0.717) is 29.0 Å². The second kappa shape index (κ2) is 12.3. The van der Waals surface area contributed by atoms with Crippen LogP contribution in [0.15, 0.2) is 30.6 Å². The second-order valence-corrected chi connectivity index (χ2v) is 7.58. The molecule has 1 fully saturated rings. The highest BCUT2D eigenvalue weighted by atomic mass is 32.2. The first-order valence-corrected chi connectivity index (χ1v) is 9.82. The summed E-state index contributed by atoms with van der Waals surface area (Å²) in [6, 6.07) is 0. The van der Waals surface area contributed by atoms with Gasteiger partial charge in [0, 0.05) is 30.1 Å². The SMILES string of the molecule is CC(C)=NN=C1SC(=NN=C(C)C)N(CCCCCC=O)C1=NN=C(C)C. The summed E-state index contributed by atoms with van der Waals surface area (Å²) in [5, 5.41) is 27.0. The first-order chi connectivity index (χ1) is 12.8. The highest BCUT2D eigenvalue weighted by molar-refractivity contribution is 8.29. The van der Waals surface area contributed by atoms with Gasteiger partial charge in [-0.3, -0.25) is 4.90 Å². The molecule has 9 heteroatoms. The molecule has 8 nitrogen and oxygen atoms in total. The smallest absolute Gasteiger partial charge is 0.197 e. The molecule has 0 atom stereocenters. The molecule has 0 spiro atoms. The maximum absolute atomic E-state index is 10.5. The lowest BCUT2D eigenvalue weighted by Gasteiger charge is -2.16. The molecule has 1 aliphatic heterocycles. The predicted octanol–water partition coefficient (Wildman–Crippen LogP) is 4.13. The number of hydrogen-bond acceptors (Lipinski definition) is 8. The molecule has 0 amide bonds. The molecule has 1 heterocycles. The van der Waals surface area contributed by atoms with E-state index in [9.17, 15) is 4.79 Å². The molecule has 1 rings (SSSR count). The molecule has 0 aromatic heterocycles. The summed E-state index contributed by atoms with van der Waals surface area (Å²) in [6.45, 7) is 12.0. The van der Waals surface area contributed by atoms with Crippen molar-refractivity contribution in [2.24, 2.45) is 30.6 Å². The summed E-state index contributed by atoms with van der Waals surface area (Å²) in [7, 11) is 0. The molecule has 0 aromatic rings. The summed E-state index contributed by atoms with van der Waals surface area (Å²) < 4.78 is 0. The van der Waals surface area contributed by atoms with Crippen LogP contribution in [-0.4, -0.2) is 50.9 Å². The van der Waals surface area contributed by atoms with E-state index in [4.69, 9.17) is 0 Å². The molecule has 1 saturated heterocycles. The summed E-state index contributed by atoms with van der Waals surface area (Å²) in [6.07, 6.45) is 4.28. The van der Waals surface area contributed by atoms with Gasteiger partial charge in [-0.2, -0.15) is 15.3 Å². The van der Waals surface area contributed by atoms with Gasteiger partial charge in [-0.25, -0.2) is 0 Å². The molecule has 0 bridgehead atoms. The Kier molecular flexibility index (Phi) is 10.4. The van der Waals surface area contributed by atoms with E-state index in [2.05, 4.69) is 30.6 Å². The third kappa shape index (κ3) is 8.85. The zero-order chi connectivity index (χ0) is 20.2. The van der Waals surface area contributed by atoms with Crippen molar-refractivity contribution in [3.8, 4) is 0 Å². The summed E-state index contributed by atoms with van der Waals surface area (Å²) >= 11 is 1.39. The zero-order valence-electron chi connectivity index (χ0n) is 17.1. The van der Waals surface area contributed by atoms with E-state index in [1.807, 2.05) is 46.4 Å². The Morgan fingerprint density at radius 3 is 2.04 bits per heavy atom. The van der Waals surface area contributed by atoms with Crippen LogP contribution in [0.2, 0.25) is 0 Å². The van der Waals surface area contributed by atoms with E-state index in [1.54, 1.807) is 0 Å². The fraction of sp³-hybridized carbons (Fsp3) is 0.611. The minimum atomic E-state index is 0.590. The molecule has 0 aliphatic carbocycles. The number of thioether (sulfide) groups is 1. The van der Waals surface area contributed by atoms with Gasteiger partial charge in [0.1, 0.15) is 6.29 Å². The van der Waals surface area contributed by atoms with Crippen molar-refractivity contribution >= 4 is 51.2 Å². The quantitative estimate of drug-likeness (QED) is 0.256. The van der Waals surface area contributed by atoms with Crippen molar-refractivity contribution < 1.29 is 4.79 Å². The Labute approximate surface area is 165 Å². The average Bonchev–Trinajstić information content (AvgIpc) is 2.92. The Balaban J connectivity index is 3.20. The van der Waals surface area contributed by atoms with Gasteiger partial charge < -0.3 is 4.79 Å². The minimum Gasteiger partial charge on any atom is -0.303 e. The molecular weight excluding hydrogens is 362 g/mol. The molecule has 0 saturated carbocycles. The predicted molar refractivity (Wildman–Crippen MR) is 117 cm³/mol. The van der Waals surface area contributed by atoms with Gasteiger partial charge in [-0.15, -0.1) is 15.3 Å². The number of carbonyl (C=O) groups is 1. The maximum Gasteiger partial charge on any atom is 0.197 e. The van der Waals surface area contributed by atoms with Crippen LogP contribution >= 0.6 is 11.8 Å². The van der Waals surface area contributed by atoms with Crippen molar-refractivity contribution in [2.75, 3.05) is 6.54 Å². The van der Waals surface area contributed by atoms with Crippen LogP contribution in [0.1, 0.15) is 67.2 Å². The number of amidine groups is 2. The van der Waals surface area contributed by atoms with Gasteiger partial charge in [0.2, 0.25) is 0 Å². The van der Waals surface area contributed by atoms with Crippen LogP contribution < -0.4 is 0 Å². The highest BCUT2D eigenvalue weighted by Gasteiger charge is 2.33. The molecule has 0 N–H and O–H groups in total. The van der Waals surface area contributed by atoms with Gasteiger partial charge in [0.15, 0.2) is 16.0 Å². The van der Waals surface area contributed by atoms with E-state index < -0.39 is 0 Å². The Morgan fingerprint density at radius 2 is 1.44 bits per heavy atom. The Morgan fingerprint density at radius 1 is 0.852 bits per heavy atom. The largest absolute Gasteiger partial charge is 0.303 e. The summed E-state index contributed by atoms with van der Waals surface area (Å²) in [5.41, 5.74) is 2.56. The van der Waals surface area contributed by atoms with Gasteiger partial charge in [0.25, 0.3) is 0 Å². The molecule has 0 unspecified atom stereocenters. The number of nitrogens with zero attached hydrogens (tertiary/aromatic N) is 7. The fourth-order valence-electron chi connectivity index (χ4n) is 1.94. The third-order valence-corrected chi connectivity index (χ3v) is 4.03. The van der Waals surface area contributed by atoms with Crippen LogP contribution in [0, 0.1) is 0 Å². The minimum absolute atomic E-state index is 0.590. The summed E-state index contributed by atoms with van der Waals surface area (Å²) in [4.78, 5) is 12.5. The van der Waals surface area contributed by atoms with Crippen LogP contribution in [0.5, 0.6) is 0 Å². The zero-order valence-corrected chi connectivity index (χ0v) is 17.9. The second-order valence-electron chi connectivity index (χ2n) is 6.62. The summed E-state index contributed by atoms with van der Waals surface area (Å²) in [5.74, 6) is 0.629. The molecule has 0 radical (unpaired) electrons. The lowest BCUT2D eigenvalue weighted by Crippen LogP contribution is -2.32. The number of rotatable bonds is 9. The Hall–Kier alpha value is -2.16. The number of hydrogen-bond donors (Lipinski definition) is 0. The number of carbonyl (C=O) groups excluding carboxylic acids is 1. The number of aldehydes is 1. The van der Waals surface area contributed by atoms with Gasteiger partial charge in [0.05, 0.1) is 0 Å². The third-order valence-electron chi connectivity index (χ3n) is 3.09. The maximum atomic E-state index is 10.5. The van der Waals surface area contributed by atoms with Crippen molar-refractivity contribution in [3.05, 3.63) is 0 Å². The lowest BCUT2D eigenvalue weighted by molar-refractivity contribution is -0.107. The van der Waals surface area contributed by atoms with E-state index in [0.717, 1.165) is 42.7 Å². The van der Waals surface area contributed by atoms with Crippen LogP contribution in [0.4, 0.5) is 0 Å². The van der Waals surface area contributed by atoms with Gasteiger partial charge >= 0.3 is 0 Å². The molecule has 27 heavy (non-hydrogen) atoms. The average molecular weight is 392 g/mol. The molecular formula is C18H29N7OS. The van der Waals surface area contributed by atoms with Crippen molar-refractivity contribution in [1.29, 1.82) is 0 Å². The first-order valence-electron chi connectivity index (χ1n) is 9.01. The van der Waals surface area contributed by atoms with Crippen molar-refractivity contribution in [1.82, 2.24) is 4.90 Å². The van der Waals surface area contributed by atoms with E-state index >= 15 is 0 Å². The first kappa shape index (κ1) is 22.9. The van der Waals surface area contributed by atoms with Gasteiger partial charge in [-0.1, -0.05) is 6.42 Å². The standard InChI is InChI=1S/C18H29N7OS/c1-13(2)19-22-16-17(23-20-14(3)4)27-18(24-21-15(5)6)25(16)11-9-7-8-10-12-26/h12H,7-11H2,1-6H3. The number of unbranched alkanes of at least 4 members (excludes halogenated alkanes) is 3. The topological polar surface area (TPSA) is 94.5 Å². The lowest BCUT2D eigenvalue weighted by atomic mass is 10.2. The van der Waals surface area contributed by atoms with Crippen LogP contribution in [0.3, 0.4) is 0 Å². The van der Waals surface area contributed by atoms with E-state index in [1.165, 1.54) is 11.8 Å². The van der Waals surface area contributed by atoms with Crippen LogP contribution in [0.25, 0.3) is 0 Å². The van der Waals surface area contributed by atoms with Crippen LogP contribution in [-0.2, 0) is 4.79 Å². The van der Waals surface area contributed by atoms with Crippen molar-refractivity contribution in [2.45, 2.75) is 67.2 Å². The monoisotopic (exact) mass is 391 g/mol. The normalized spacial score (nSPS) is 18.1. The van der Waals surface area contributed by atoms with E-state index in [-0.39, 0.29) is 0 Å². The van der Waals surface area contributed by atoms with Gasteiger partial charge in [-0.05, 0) is 66.1 Å². The highest BCUT2D eigenvalue weighted by Crippen LogP contribution is 2.25. The molecule has 1 aliphatic rings. The van der Waals surface area contributed by atoms with Crippen molar-refractivity contribution in [3.63, 3.8) is 0 Å². The Bertz CT molecular complexity index is 692.